The Hall–Kier alpha value is -2.83. The van der Waals surface area contributed by atoms with Gasteiger partial charge in [0.25, 0.3) is 5.56 Å². The number of fused-ring (bicyclic) bond motifs is 3. The summed E-state index contributed by atoms with van der Waals surface area (Å²) in [5, 5.41) is 13.7. The average molecular weight is 284 g/mol. The van der Waals surface area contributed by atoms with E-state index >= 15 is 0 Å². The number of aryl methyl sites for hydroxylation is 2. The van der Waals surface area contributed by atoms with Crippen molar-refractivity contribution in [3.8, 4) is 0 Å². The Balaban J connectivity index is 2.36. The summed E-state index contributed by atoms with van der Waals surface area (Å²) in [7, 11) is 0. The zero-order chi connectivity index (χ0) is 15.0. The lowest BCUT2D eigenvalue weighted by Gasteiger charge is -2.09. The first kappa shape index (κ1) is 13.2. The number of hydrogen-bond acceptors (Lipinski definition) is 5. The topological polar surface area (TPSA) is 97.5 Å². The highest BCUT2D eigenvalue weighted by Crippen LogP contribution is 2.17. The van der Waals surface area contributed by atoms with Crippen molar-refractivity contribution in [1.29, 1.82) is 0 Å². The highest BCUT2D eigenvalue weighted by Gasteiger charge is 2.12. The summed E-state index contributed by atoms with van der Waals surface area (Å²) in [4.78, 5) is 31.0. The van der Waals surface area contributed by atoms with Gasteiger partial charge in [-0.25, -0.2) is 4.98 Å². The summed E-state index contributed by atoms with van der Waals surface area (Å²) in [5.41, 5.74) is 0.920. The highest BCUT2D eigenvalue weighted by atomic mass is 16.4. The summed E-state index contributed by atoms with van der Waals surface area (Å²) in [6, 6.07) is 7.26. The van der Waals surface area contributed by atoms with Crippen molar-refractivity contribution in [3.05, 3.63) is 46.1 Å². The third kappa shape index (κ3) is 2.33. The summed E-state index contributed by atoms with van der Waals surface area (Å²) in [6.45, 7) is 1.57. The van der Waals surface area contributed by atoms with E-state index in [2.05, 4.69) is 15.1 Å². The molecule has 0 aliphatic heterocycles. The quantitative estimate of drug-likeness (QED) is 0.719. The predicted molar refractivity (Wildman–Crippen MR) is 75.3 cm³/mol. The molecule has 0 aliphatic carbocycles. The molecule has 0 bridgehead atoms. The largest absolute Gasteiger partial charge is 0.481 e. The zero-order valence-corrected chi connectivity index (χ0v) is 11.3. The second kappa shape index (κ2) is 4.93. The monoisotopic (exact) mass is 284 g/mol. The van der Waals surface area contributed by atoms with Gasteiger partial charge in [0, 0.05) is 11.8 Å². The molecule has 0 amide bonds. The Morgan fingerprint density at radius 1 is 1.29 bits per heavy atom. The standard InChI is InChI=1S/C14H12N4O3/c1-8-14(21)16-13-9-4-2-3-5-10(9)15-11(18(13)17-8)6-7-12(19)20/h2-5H,6-7H2,1H3,(H,19,20). The fourth-order valence-electron chi connectivity index (χ4n) is 2.15. The lowest BCUT2D eigenvalue weighted by Crippen LogP contribution is -2.19. The van der Waals surface area contributed by atoms with Crippen LogP contribution in [0, 0.1) is 6.92 Å². The van der Waals surface area contributed by atoms with Gasteiger partial charge in [0.05, 0.1) is 11.9 Å². The van der Waals surface area contributed by atoms with Gasteiger partial charge in [-0.1, -0.05) is 12.1 Å². The zero-order valence-electron chi connectivity index (χ0n) is 11.3. The van der Waals surface area contributed by atoms with E-state index in [9.17, 15) is 9.59 Å². The van der Waals surface area contributed by atoms with Gasteiger partial charge in [-0.15, -0.1) is 0 Å². The molecule has 0 aliphatic rings. The average Bonchev–Trinajstić information content (AvgIpc) is 2.46. The number of carbonyl (C=O) groups is 1. The number of aliphatic carboxylic acids is 1. The molecule has 0 fully saturated rings. The number of carboxylic acid groups (broad SMARTS) is 1. The molecular formula is C14H12N4O3. The maximum absolute atomic E-state index is 11.8. The normalized spacial score (nSPS) is 11.1. The molecule has 0 saturated heterocycles. The van der Waals surface area contributed by atoms with Crippen molar-refractivity contribution in [2.24, 2.45) is 0 Å². The van der Waals surface area contributed by atoms with E-state index in [0.717, 1.165) is 0 Å². The number of rotatable bonds is 3. The fourth-order valence-corrected chi connectivity index (χ4v) is 2.15. The number of aromatic nitrogens is 4. The van der Waals surface area contributed by atoms with E-state index in [1.165, 1.54) is 4.52 Å². The molecule has 2 heterocycles. The van der Waals surface area contributed by atoms with Crippen molar-refractivity contribution < 1.29 is 9.90 Å². The van der Waals surface area contributed by atoms with Crippen molar-refractivity contribution >= 4 is 22.5 Å². The Morgan fingerprint density at radius 3 is 2.81 bits per heavy atom. The van der Waals surface area contributed by atoms with Crippen LogP contribution >= 0.6 is 0 Å². The smallest absolute Gasteiger partial charge is 0.303 e. The van der Waals surface area contributed by atoms with Crippen molar-refractivity contribution in [2.75, 3.05) is 0 Å². The van der Waals surface area contributed by atoms with Gasteiger partial charge < -0.3 is 5.11 Å². The molecule has 2 aromatic heterocycles. The molecule has 0 radical (unpaired) electrons. The van der Waals surface area contributed by atoms with Crippen LogP contribution in [0.25, 0.3) is 16.6 Å². The van der Waals surface area contributed by atoms with Crippen LogP contribution in [0.15, 0.2) is 29.1 Å². The van der Waals surface area contributed by atoms with Gasteiger partial charge in [-0.05, 0) is 19.1 Å². The van der Waals surface area contributed by atoms with E-state index < -0.39 is 11.5 Å². The molecule has 106 valence electrons. The first-order chi connectivity index (χ1) is 10.1. The van der Waals surface area contributed by atoms with Crippen molar-refractivity contribution in [2.45, 2.75) is 19.8 Å². The summed E-state index contributed by atoms with van der Waals surface area (Å²) < 4.78 is 1.46. The molecule has 1 N–H and O–H groups in total. The van der Waals surface area contributed by atoms with E-state index in [0.29, 0.717) is 22.4 Å². The first-order valence-corrected chi connectivity index (χ1v) is 6.43. The van der Waals surface area contributed by atoms with Crippen LogP contribution in [0.5, 0.6) is 0 Å². The minimum absolute atomic E-state index is 0.0622. The Bertz CT molecular complexity index is 917. The predicted octanol–water partition coefficient (Wildman–Crippen LogP) is 0.963. The summed E-state index contributed by atoms with van der Waals surface area (Å²) >= 11 is 0. The number of nitrogens with zero attached hydrogens (tertiary/aromatic N) is 4. The molecule has 3 aromatic rings. The van der Waals surface area contributed by atoms with Crippen LogP contribution in [-0.2, 0) is 11.2 Å². The highest BCUT2D eigenvalue weighted by molar-refractivity contribution is 5.90. The van der Waals surface area contributed by atoms with E-state index in [4.69, 9.17) is 5.11 Å². The van der Waals surface area contributed by atoms with Crippen LogP contribution < -0.4 is 5.56 Å². The molecule has 7 nitrogen and oxygen atoms in total. The molecule has 0 spiro atoms. The number of para-hydroxylation sites is 1. The third-order valence-electron chi connectivity index (χ3n) is 3.17. The SMILES string of the molecule is Cc1nn2c(CCC(=O)O)nc3ccccc3c2nc1=O. The van der Waals surface area contributed by atoms with Crippen LogP contribution in [0.2, 0.25) is 0 Å². The summed E-state index contributed by atoms with van der Waals surface area (Å²) in [6.07, 6.45) is 0.154. The van der Waals surface area contributed by atoms with Gasteiger partial charge in [0.1, 0.15) is 11.5 Å². The fraction of sp³-hybridized carbons (Fsp3) is 0.214. The number of carboxylic acids is 1. The Labute approximate surface area is 118 Å². The molecule has 3 rings (SSSR count). The Morgan fingerprint density at radius 2 is 2.05 bits per heavy atom. The van der Waals surface area contributed by atoms with Gasteiger partial charge in [0.15, 0.2) is 5.65 Å². The van der Waals surface area contributed by atoms with Crippen LogP contribution in [0.4, 0.5) is 0 Å². The molecule has 0 unspecified atom stereocenters. The van der Waals surface area contributed by atoms with E-state index in [-0.39, 0.29) is 18.5 Å². The van der Waals surface area contributed by atoms with Crippen LogP contribution in [0.1, 0.15) is 17.9 Å². The minimum atomic E-state index is -0.913. The molecular weight excluding hydrogens is 272 g/mol. The lowest BCUT2D eigenvalue weighted by molar-refractivity contribution is -0.137. The minimum Gasteiger partial charge on any atom is -0.481 e. The second-order valence-electron chi connectivity index (χ2n) is 4.68. The molecule has 0 saturated carbocycles. The Kier molecular flexibility index (Phi) is 3.09. The molecule has 21 heavy (non-hydrogen) atoms. The van der Waals surface area contributed by atoms with E-state index in [1.807, 2.05) is 18.2 Å². The van der Waals surface area contributed by atoms with Gasteiger partial charge >= 0.3 is 5.97 Å². The lowest BCUT2D eigenvalue weighted by atomic mass is 10.2. The van der Waals surface area contributed by atoms with Gasteiger partial charge in [-0.2, -0.15) is 14.6 Å². The third-order valence-corrected chi connectivity index (χ3v) is 3.17. The number of hydrogen-bond donors (Lipinski definition) is 1. The van der Waals surface area contributed by atoms with Crippen molar-refractivity contribution in [1.82, 2.24) is 19.6 Å². The van der Waals surface area contributed by atoms with Gasteiger partial charge in [-0.3, -0.25) is 9.59 Å². The van der Waals surface area contributed by atoms with E-state index in [1.54, 1.807) is 13.0 Å². The molecule has 0 atom stereocenters. The molecule has 1 aromatic carbocycles. The van der Waals surface area contributed by atoms with Crippen LogP contribution in [-0.4, -0.2) is 30.7 Å². The first-order valence-electron chi connectivity index (χ1n) is 6.43. The number of benzene rings is 1. The van der Waals surface area contributed by atoms with Crippen molar-refractivity contribution in [3.63, 3.8) is 0 Å². The van der Waals surface area contributed by atoms with Gasteiger partial charge in [0.2, 0.25) is 0 Å². The second-order valence-corrected chi connectivity index (χ2v) is 4.68. The van der Waals surface area contributed by atoms with Crippen LogP contribution in [0.3, 0.4) is 0 Å². The maximum Gasteiger partial charge on any atom is 0.303 e. The maximum atomic E-state index is 11.8. The summed E-state index contributed by atoms with van der Waals surface area (Å²) in [5.74, 6) is -0.439. The molecule has 7 heteroatoms.